The molecule has 3 atom stereocenters. The number of hydrogen-bond donors (Lipinski definition) is 1. The zero-order chi connectivity index (χ0) is 14.7. The Morgan fingerprint density at radius 3 is 2.70 bits per heavy atom. The molecule has 112 valence electrons. The number of rotatable bonds is 4. The van der Waals surface area contributed by atoms with E-state index in [0.717, 1.165) is 13.1 Å². The number of nitrogens with one attached hydrogen (secondary N) is 1. The molecule has 0 spiro atoms. The third kappa shape index (κ3) is 3.32. The van der Waals surface area contributed by atoms with Crippen LogP contribution in [0.3, 0.4) is 0 Å². The molecular formula is C17H29N3. The second kappa shape index (κ2) is 6.57. The Balaban J connectivity index is 2.23. The first kappa shape index (κ1) is 15.3. The Labute approximate surface area is 123 Å². The lowest BCUT2D eigenvalue weighted by molar-refractivity contribution is 0.281. The molecule has 3 heteroatoms. The molecule has 3 unspecified atom stereocenters. The third-order valence-corrected chi connectivity index (χ3v) is 4.68. The van der Waals surface area contributed by atoms with Crippen LogP contribution in [0, 0.1) is 18.8 Å². The van der Waals surface area contributed by atoms with Crippen molar-refractivity contribution < 1.29 is 0 Å². The van der Waals surface area contributed by atoms with Crippen molar-refractivity contribution in [1.29, 1.82) is 0 Å². The van der Waals surface area contributed by atoms with E-state index in [0.29, 0.717) is 23.9 Å². The first-order valence-electron chi connectivity index (χ1n) is 7.94. The van der Waals surface area contributed by atoms with Crippen molar-refractivity contribution >= 4 is 5.69 Å². The van der Waals surface area contributed by atoms with Gasteiger partial charge in [-0.25, -0.2) is 0 Å². The maximum Gasteiger partial charge on any atom is 0.0558 e. The van der Waals surface area contributed by atoms with Crippen molar-refractivity contribution in [3.05, 3.63) is 24.0 Å². The van der Waals surface area contributed by atoms with E-state index in [-0.39, 0.29) is 0 Å². The molecule has 0 radical (unpaired) electrons. The van der Waals surface area contributed by atoms with Crippen LogP contribution in [0.25, 0.3) is 0 Å². The van der Waals surface area contributed by atoms with E-state index >= 15 is 0 Å². The van der Waals surface area contributed by atoms with Gasteiger partial charge in [0.1, 0.15) is 0 Å². The fraction of sp³-hybridized carbons (Fsp3) is 0.706. The van der Waals surface area contributed by atoms with Gasteiger partial charge in [0.2, 0.25) is 0 Å². The summed E-state index contributed by atoms with van der Waals surface area (Å²) in [6.07, 6.45) is 5.17. The van der Waals surface area contributed by atoms with Crippen LogP contribution in [0.1, 0.15) is 39.7 Å². The maximum absolute atomic E-state index is 4.38. The summed E-state index contributed by atoms with van der Waals surface area (Å²) < 4.78 is 0. The van der Waals surface area contributed by atoms with E-state index in [1.807, 2.05) is 12.4 Å². The molecular weight excluding hydrogens is 246 g/mol. The maximum atomic E-state index is 4.38. The smallest absolute Gasteiger partial charge is 0.0558 e. The second-order valence-electron chi connectivity index (χ2n) is 6.58. The Morgan fingerprint density at radius 2 is 2.10 bits per heavy atom. The van der Waals surface area contributed by atoms with Crippen LogP contribution in [0.2, 0.25) is 0 Å². The number of hydrogen-bond acceptors (Lipinski definition) is 3. The highest BCUT2D eigenvalue weighted by Crippen LogP contribution is 2.26. The first-order chi connectivity index (χ1) is 9.52. The quantitative estimate of drug-likeness (QED) is 0.914. The van der Waals surface area contributed by atoms with Crippen LogP contribution in [-0.4, -0.2) is 30.2 Å². The normalized spacial score (nSPS) is 25.0. The number of anilines is 1. The highest BCUT2D eigenvalue weighted by Gasteiger charge is 2.32. The average molecular weight is 275 g/mol. The molecule has 1 fully saturated rings. The third-order valence-electron chi connectivity index (χ3n) is 4.68. The zero-order valence-corrected chi connectivity index (χ0v) is 13.6. The summed E-state index contributed by atoms with van der Waals surface area (Å²) in [7, 11) is 0. The van der Waals surface area contributed by atoms with Gasteiger partial charge < -0.3 is 10.2 Å². The summed E-state index contributed by atoms with van der Waals surface area (Å²) in [4.78, 5) is 6.95. The van der Waals surface area contributed by atoms with Crippen LogP contribution < -0.4 is 10.2 Å². The van der Waals surface area contributed by atoms with Gasteiger partial charge in [-0.3, -0.25) is 4.98 Å². The van der Waals surface area contributed by atoms with Gasteiger partial charge in [0.25, 0.3) is 0 Å². The van der Waals surface area contributed by atoms with Gasteiger partial charge >= 0.3 is 0 Å². The molecule has 20 heavy (non-hydrogen) atoms. The van der Waals surface area contributed by atoms with E-state index in [4.69, 9.17) is 0 Å². The van der Waals surface area contributed by atoms with Crippen molar-refractivity contribution in [2.45, 2.75) is 53.1 Å². The predicted octanol–water partition coefficient (Wildman–Crippen LogP) is 3.24. The molecule has 0 amide bonds. The second-order valence-corrected chi connectivity index (χ2v) is 6.58. The Bertz CT molecular complexity index is 430. The van der Waals surface area contributed by atoms with Gasteiger partial charge in [0.15, 0.2) is 0 Å². The number of aryl methyl sites for hydroxylation is 1. The average Bonchev–Trinajstić information content (AvgIpc) is 2.45. The summed E-state index contributed by atoms with van der Waals surface area (Å²) in [5.41, 5.74) is 2.52. The molecule has 2 heterocycles. The fourth-order valence-electron chi connectivity index (χ4n) is 3.05. The number of aromatic nitrogens is 1. The molecule has 1 aromatic rings. The minimum absolute atomic E-state index is 0.555. The summed E-state index contributed by atoms with van der Waals surface area (Å²) in [6.45, 7) is 13.5. The molecule has 1 saturated heterocycles. The van der Waals surface area contributed by atoms with Crippen LogP contribution in [-0.2, 0) is 0 Å². The molecule has 0 aromatic carbocycles. The standard InChI is InChI=1S/C17H29N3/c1-6-14(5)16-11-20(17(10-19-16)12(2)3)15-7-13(4)8-18-9-15/h7-9,12,14,16-17,19H,6,10-11H2,1-5H3. The molecule has 1 N–H and O–H groups in total. The Kier molecular flexibility index (Phi) is 5.03. The minimum atomic E-state index is 0.555. The lowest BCUT2D eigenvalue weighted by Gasteiger charge is -2.45. The van der Waals surface area contributed by atoms with Gasteiger partial charge in [-0.1, -0.05) is 34.1 Å². The molecule has 2 rings (SSSR count). The lowest BCUT2D eigenvalue weighted by Crippen LogP contribution is -2.60. The number of nitrogens with zero attached hydrogens (tertiary/aromatic N) is 2. The topological polar surface area (TPSA) is 28.2 Å². The summed E-state index contributed by atoms with van der Waals surface area (Å²) in [5.74, 6) is 1.35. The van der Waals surface area contributed by atoms with Gasteiger partial charge in [-0.05, 0) is 30.4 Å². The van der Waals surface area contributed by atoms with Crippen LogP contribution in [0.4, 0.5) is 5.69 Å². The minimum Gasteiger partial charge on any atom is -0.364 e. The lowest BCUT2D eigenvalue weighted by atomic mass is 9.91. The van der Waals surface area contributed by atoms with Crippen molar-refractivity contribution in [3.8, 4) is 0 Å². The number of pyridine rings is 1. The Morgan fingerprint density at radius 1 is 1.35 bits per heavy atom. The van der Waals surface area contributed by atoms with Crippen molar-refractivity contribution in [2.75, 3.05) is 18.0 Å². The van der Waals surface area contributed by atoms with E-state index in [9.17, 15) is 0 Å². The van der Waals surface area contributed by atoms with Gasteiger partial charge in [0, 0.05) is 31.4 Å². The SMILES string of the molecule is CCC(C)C1CN(c2cncc(C)c2)C(C(C)C)CN1. The summed E-state index contributed by atoms with van der Waals surface area (Å²) in [5, 5.41) is 3.75. The summed E-state index contributed by atoms with van der Waals surface area (Å²) in [6, 6.07) is 3.40. The predicted molar refractivity (Wildman–Crippen MR) is 86.2 cm³/mol. The molecule has 1 aliphatic heterocycles. The zero-order valence-electron chi connectivity index (χ0n) is 13.6. The van der Waals surface area contributed by atoms with Crippen molar-refractivity contribution in [1.82, 2.24) is 10.3 Å². The fourth-order valence-corrected chi connectivity index (χ4v) is 3.05. The molecule has 0 bridgehead atoms. The van der Waals surface area contributed by atoms with Gasteiger partial charge in [-0.2, -0.15) is 0 Å². The Hall–Kier alpha value is -1.09. The van der Waals surface area contributed by atoms with E-state index < -0.39 is 0 Å². The van der Waals surface area contributed by atoms with E-state index in [1.165, 1.54) is 17.7 Å². The first-order valence-corrected chi connectivity index (χ1v) is 7.94. The molecule has 0 saturated carbocycles. The van der Waals surface area contributed by atoms with Crippen LogP contribution in [0.15, 0.2) is 18.5 Å². The molecule has 1 aromatic heterocycles. The van der Waals surface area contributed by atoms with Crippen molar-refractivity contribution in [3.63, 3.8) is 0 Å². The van der Waals surface area contributed by atoms with Gasteiger partial charge in [0.05, 0.1) is 11.9 Å². The molecule has 3 nitrogen and oxygen atoms in total. The van der Waals surface area contributed by atoms with Gasteiger partial charge in [-0.15, -0.1) is 0 Å². The summed E-state index contributed by atoms with van der Waals surface area (Å²) >= 11 is 0. The van der Waals surface area contributed by atoms with E-state index in [2.05, 4.69) is 55.9 Å². The highest BCUT2D eigenvalue weighted by atomic mass is 15.2. The van der Waals surface area contributed by atoms with E-state index in [1.54, 1.807) is 0 Å². The molecule has 1 aliphatic rings. The van der Waals surface area contributed by atoms with Crippen molar-refractivity contribution in [2.24, 2.45) is 11.8 Å². The molecule has 0 aliphatic carbocycles. The van der Waals surface area contributed by atoms with Crippen LogP contribution >= 0.6 is 0 Å². The highest BCUT2D eigenvalue weighted by molar-refractivity contribution is 5.48. The van der Waals surface area contributed by atoms with Crippen LogP contribution in [0.5, 0.6) is 0 Å². The largest absolute Gasteiger partial charge is 0.364 e. The monoisotopic (exact) mass is 275 g/mol. The number of piperazine rings is 1.